The third-order valence-corrected chi connectivity index (χ3v) is 4.78. The molecule has 0 aromatic heterocycles. The highest BCUT2D eigenvalue weighted by Crippen LogP contribution is 2.34. The van der Waals surface area contributed by atoms with Crippen molar-refractivity contribution in [2.45, 2.75) is 25.8 Å². The van der Waals surface area contributed by atoms with Crippen LogP contribution in [0.1, 0.15) is 19.8 Å². The molecule has 4 rings (SSSR count). The SMILES string of the molecule is CC#CC1=C2C=CN([C@@H]3C[C@H]4CCN(C4)C3)C=C2OC1. The fourth-order valence-electron chi connectivity index (χ4n) is 3.81. The second-order valence-corrected chi connectivity index (χ2v) is 6.12. The third kappa shape index (κ3) is 1.96. The molecule has 2 saturated heterocycles. The van der Waals surface area contributed by atoms with Gasteiger partial charge in [0, 0.05) is 37.1 Å². The molecular formula is C17H20N2O. The van der Waals surface area contributed by atoms with Crippen molar-refractivity contribution >= 4 is 0 Å². The van der Waals surface area contributed by atoms with Gasteiger partial charge < -0.3 is 14.5 Å². The van der Waals surface area contributed by atoms with Crippen molar-refractivity contribution in [1.29, 1.82) is 0 Å². The quantitative estimate of drug-likeness (QED) is 0.677. The molecule has 0 aliphatic carbocycles. The van der Waals surface area contributed by atoms with Crippen LogP contribution >= 0.6 is 0 Å². The predicted octanol–water partition coefficient (Wildman–Crippen LogP) is 2.10. The Morgan fingerprint density at radius 3 is 3.15 bits per heavy atom. The van der Waals surface area contributed by atoms with E-state index in [0.29, 0.717) is 12.6 Å². The molecule has 0 amide bonds. The molecule has 0 radical (unpaired) electrons. The summed E-state index contributed by atoms with van der Waals surface area (Å²) in [6, 6.07) is 0.603. The molecule has 0 aromatic rings. The van der Waals surface area contributed by atoms with Crippen LogP contribution in [0.3, 0.4) is 0 Å². The van der Waals surface area contributed by atoms with Crippen LogP contribution in [-0.4, -0.2) is 42.1 Å². The lowest BCUT2D eigenvalue weighted by atomic mass is 9.95. The maximum Gasteiger partial charge on any atom is 0.144 e. The highest BCUT2D eigenvalue weighted by Gasteiger charge is 2.35. The molecule has 104 valence electrons. The predicted molar refractivity (Wildman–Crippen MR) is 78.4 cm³/mol. The minimum Gasteiger partial charge on any atom is -0.486 e. The molecule has 2 fully saturated rings. The van der Waals surface area contributed by atoms with Gasteiger partial charge in [-0.15, -0.1) is 5.92 Å². The first kappa shape index (κ1) is 12.1. The first-order chi connectivity index (χ1) is 9.83. The maximum absolute atomic E-state index is 5.79. The Kier molecular flexibility index (Phi) is 2.85. The molecule has 3 nitrogen and oxygen atoms in total. The van der Waals surface area contributed by atoms with Gasteiger partial charge in [-0.25, -0.2) is 0 Å². The number of fused-ring (bicyclic) bond motifs is 3. The topological polar surface area (TPSA) is 15.7 Å². The summed E-state index contributed by atoms with van der Waals surface area (Å²) in [5.74, 6) is 8.01. The molecule has 3 atom stereocenters. The van der Waals surface area contributed by atoms with E-state index in [4.69, 9.17) is 4.74 Å². The van der Waals surface area contributed by atoms with Gasteiger partial charge in [-0.05, 0) is 38.3 Å². The van der Waals surface area contributed by atoms with E-state index in [9.17, 15) is 0 Å². The Bertz CT molecular complexity index is 564. The third-order valence-electron chi connectivity index (χ3n) is 4.78. The number of rotatable bonds is 1. The van der Waals surface area contributed by atoms with Gasteiger partial charge in [0.15, 0.2) is 0 Å². The lowest BCUT2D eigenvalue weighted by Crippen LogP contribution is -2.43. The van der Waals surface area contributed by atoms with Crippen LogP contribution < -0.4 is 0 Å². The van der Waals surface area contributed by atoms with Crippen LogP contribution in [0.15, 0.2) is 35.4 Å². The Morgan fingerprint density at radius 2 is 2.30 bits per heavy atom. The first-order valence-corrected chi connectivity index (χ1v) is 7.52. The van der Waals surface area contributed by atoms with Gasteiger partial charge in [-0.3, -0.25) is 0 Å². The normalized spacial score (nSPS) is 34.4. The van der Waals surface area contributed by atoms with Gasteiger partial charge in [-0.2, -0.15) is 0 Å². The largest absolute Gasteiger partial charge is 0.486 e. The molecule has 3 heteroatoms. The Hall–Kier alpha value is -1.66. The lowest BCUT2D eigenvalue weighted by molar-refractivity contribution is 0.167. The lowest BCUT2D eigenvalue weighted by Gasteiger charge is -2.37. The van der Waals surface area contributed by atoms with Crippen molar-refractivity contribution < 1.29 is 4.74 Å². The number of hydrogen-bond donors (Lipinski definition) is 0. The van der Waals surface area contributed by atoms with Crippen molar-refractivity contribution in [3.05, 3.63) is 35.4 Å². The zero-order chi connectivity index (χ0) is 13.5. The second-order valence-electron chi connectivity index (χ2n) is 6.12. The summed E-state index contributed by atoms with van der Waals surface area (Å²) in [6.45, 7) is 6.28. The van der Waals surface area contributed by atoms with E-state index in [0.717, 1.165) is 17.3 Å². The summed E-state index contributed by atoms with van der Waals surface area (Å²) >= 11 is 0. The van der Waals surface area contributed by atoms with Crippen LogP contribution in [0.5, 0.6) is 0 Å². The highest BCUT2D eigenvalue weighted by molar-refractivity contribution is 5.52. The maximum atomic E-state index is 5.79. The van der Waals surface area contributed by atoms with Crippen LogP contribution in [-0.2, 0) is 4.74 Å². The van der Waals surface area contributed by atoms with E-state index in [1.807, 2.05) is 6.92 Å². The molecule has 0 N–H and O–H groups in total. The van der Waals surface area contributed by atoms with Crippen molar-refractivity contribution in [2.75, 3.05) is 26.2 Å². The van der Waals surface area contributed by atoms with Gasteiger partial charge in [0.2, 0.25) is 0 Å². The van der Waals surface area contributed by atoms with E-state index in [-0.39, 0.29) is 0 Å². The smallest absolute Gasteiger partial charge is 0.144 e. The fourth-order valence-corrected chi connectivity index (χ4v) is 3.81. The van der Waals surface area contributed by atoms with Gasteiger partial charge >= 0.3 is 0 Å². The molecule has 4 aliphatic rings. The average molecular weight is 268 g/mol. The Morgan fingerprint density at radius 1 is 1.35 bits per heavy atom. The van der Waals surface area contributed by atoms with Crippen LogP contribution in [0.2, 0.25) is 0 Å². The van der Waals surface area contributed by atoms with Crippen molar-refractivity contribution in [3.63, 3.8) is 0 Å². The zero-order valence-electron chi connectivity index (χ0n) is 11.9. The molecular weight excluding hydrogens is 248 g/mol. The van der Waals surface area contributed by atoms with Crippen molar-refractivity contribution in [1.82, 2.24) is 9.80 Å². The van der Waals surface area contributed by atoms with Crippen molar-refractivity contribution in [3.8, 4) is 11.8 Å². The van der Waals surface area contributed by atoms with Gasteiger partial charge in [0.05, 0.1) is 5.57 Å². The first-order valence-electron chi connectivity index (χ1n) is 7.52. The number of hydrogen-bond acceptors (Lipinski definition) is 3. The fraction of sp³-hybridized carbons (Fsp3) is 0.529. The summed E-state index contributed by atoms with van der Waals surface area (Å²) < 4.78 is 5.79. The minimum atomic E-state index is 0.603. The van der Waals surface area contributed by atoms with E-state index in [2.05, 4.69) is 40.1 Å². The zero-order valence-corrected chi connectivity index (χ0v) is 11.9. The van der Waals surface area contributed by atoms with Crippen LogP contribution in [0.4, 0.5) is 0 Å². The molecule has 1 unspecified atom stereocenters. The van der Waals surface area contributed by atoms with E-state index in [1.54, 1.807) is 0 Å². The van der Waals surface area contributed by atoms with Gasteiger partial charge in [0.25, 0.3) is 0 Å². The number of piperidine rings is 1. The molecule has 4 aliphatic heterocycles. The van der Waals surface area contributed by atoms with Crippen LogP contribution in [0, 0.1) is 17.8 Å². The van der Waals surface area contributed by atoms with Crippen LogP contribution in [0.25, 0.3) is 0 Å². The van der Waals surface area contributed by atoms with Gasteiger partial charge in [-0.1, -0.05) is 5.92 Å². The van der Waals surface area contributed by atoms with E-state index < -0.39 is 0 Å². The highest BCUT2D eigenvalue weighted by atomic mass is 16.5. The summed E-state index contributed by atoms with van der Waals surface area (Å²) in [7, 11) is 0. The summed E-state index contributed by atoms with van der Waals surface area (Å²) in [4.78, 5) is 4.95. The minimum absolute atomic E-state index is 0.603. The van der Waals surface area contributed by atoms with E-state index >= 15 is 0 Å². The molecule has 0 saturated carbocycles. The molecule has 20 heavy (non-hydrogen) atoms. The van der Waals surface area contributed by atoms with Crippen molar-refractivity contribution in [2.24, 2.45) is 5.92 Å². The number of nitrogens with zero attached hydrogens (tertiary/aromatic N) is 2. The summed E-state index contributed by atoms with van der Waals surface area (Å²) in [5, 5.41) is 0. The average Bonchev–Trinajstić information content (AvgIpc) is 3.02. The van der Waals surface area contributed by atoms with Gasteiger partial charge in [0.1, 0.15) is 12.4 Å². The molecule has 0 spiro atoms. The molecule has 4 heterocycles. The molecule has 2 bridgehead atoms. The summed E-state index contributed by atoms with van der Waals surface area (Å²) in [6.07, 6.45) is 9.25. The number of allylic oxidation sites excluding steroid dienone is 1. The number of ether oxygens (including phenoxy) is 1. The standard InChI is InChI=1S/C17H20N2O/c1-2-3-14-12-20-17-11-19(7-5-16(14)17)15-8-13-4-6-18(9-13)10-15/h5,7,11,13,15H,4,6,8-10,12H2,1H3/t13-,15-/m1/s1. The second kappa shape index (κ2) is 4.71. The Labute approximate surface area is 120 Å². The summed E-state index contributed by atoms with van der Waals surface area (Å²) in [5.41, 5.74) is 2.29. The monoisotopic (exact) mass is 268 g/mol. The van der Waals surface area contributed by atoms with E-state index in [1.165, 1.54) is 38.0 Å². The molecule has 0 aromatic carbocycles. The Balaban J connectivity index is 1.55.